The molecule has 3 aromatic rings. The van der Waals surface area contributed by atoms with Crippen molar-refractivity contribution >= 4 is 27.7 Å². The molecule has 2 aromatic heterocycles. The van der Waals surface area contributed by atoms with Gasteiger partial charge in [-0.25, -0.2) is 13.5 Å². The van der Waals surface area contributed by atoms with Crippen LogP contribution in [-0.4, -0.2) is 65.7 Å². The van der Waals surface area contributed by atoms with Gasteiger partial charge in [0, 0.05) is 33.7 Å². The number of pyridine rings is 1. The fourth-order valence-corrected chi connectivity index (χ4v) is 5.09. The molecule has 32 heavy (non-hydrogen) atoms. The summed E-state index contributed by atoms with van der Waals surface area (Å²) in [7, 11) is 0. The number of halogens is 3. The van der Waals surface area contributed by atoms with Crippen molar-refractivity contribution in [2.75, 3.05) is 6.61 Å². The molecule has 5 atom stereocenters. The second-order valence-corrected chi connectivity index (χ2v) is 9.35. The first-order valence-corrected chi connectivity index (χ1v) is 11.3. The molecular weight excluding hydrogens is 510 g/mol. The van der Waals surface area contributed by atoms with Gasteiger partial charge in [0.25, 0.3) is 0 Å². The fraction of sp³-hybridized carbons (Fsp3) is 0.350. The first kappa shape index (κ1) is 23.2. The molecule has 8 nitrogen and oxygen atoms in total. The third-order valence-corrected chi connectivity index (χ3v) is 6.57. The van der Waals surface area contributed by atoms with Gasteiger partial charge in [0.15, 0.2) is 11.6 Å². The van der Waals surface area contributed by atoms with Gasteiger partial charge in [-0.15, -0.1) is 5.10 Å². The number of rotatable bonds is 5. The topological polar surface area (TPSA) is 114 Å². The van der Waals surface area contributed by atoms with Crippen LogP contribution in [0.4, 0.5) is 8.78 Å². The zero-order chi connectivity index (χ0) is 22.8. The van der Waals surface area contributed by atoms with Crippen molar-refractivity contribution in [2.24, 2.45) is 0 Å². The maximum atomic E-state index is 13.6. The van der Waals surface area contributed by atoms with Crippen LogP contribution < -0.4 is 0 Å². The van der Waals surface area contributed by atoms with E-state index < -0.39 is 41.4 Å². The average Bonchev–Trinajstić information content (AvgIpc) is 3.20. The van der Waals surface area contributed by atoms with E-state index in [2.05, 4.69) is 31.2 Å². The van der Waals surface area contributed by atoms with Gasteiger partial charge in [-0.3, -0.25) is 4.98 Å². The van der Waals surface area contributed by atoms with Gasteiger partial charge in [0.1, 0.15) is 23.3 Å². The predicted octanol–water partition coefficient (Wildman–Crippen LogP) is 2.54. The standard InChI is InChI=1S/C20H19BrF2N4O4S/c21-11-4-13(7-24-6-11)32-20-19(30)18(17(29)5-12(9-28)31-20)27-8-16(25-26-27)10-1-2-14(22)15(23)3-10/h1-4,6-8,12,17-20,28-30H,5,9H2/t12?,17-,18?,19?,20+/m0/s1. The molecule has 0 aliphatic carbocycles. The van der Waals surface area contributed by atoms with Gasteiger partial charge in [0.2, 0.25) is 0 Å². The van der Waals surface area contributed by atoms with Crippen LogP contribution in [0.3, 0.4) is 0 Å². The summed E-state index contributed by atoms with van der Waals surface area (Å²) in [6.45, 7) is -0.345. The predicted molar refractivity (Wildman–Crippen MR) is 115 cm³/mol. The van der Waals surface area contributed by atoms with E-state index in [0.717, 1.165) is 16.6 Å². The van der Waals surface area contributed by atoms with Crippen LogP contribution in [-0.2, 0) is 4.74 Å². The summed E-state index contributed by atoms with van der Waals surface area (Å²) in [5, 5.41) is 39.5. The molecular formula is C20H19BrF2N4O4S. The van der Waals surface area contributed by atoms with Crippen molar-refractivity contribution in [1.29, 1.82) is 0 Å². The molecule has 1 aliphatic rings. The molecule has 0 radical (unpaired) electrons. The summed E-state index contributed by atoms with van der Waals surface area (Å²) < 4.78 is 34.7. The highest BCUT2D eigenvalue weighted by atomic mass is 79.9. The number of benzene rings is 1. The zero-order valence-electron chi connectivity index (χ0n) is 16.4. The SMILES string of the molecule is OCC1C[C@H](O)C(n2cc(-c3ccc(F)c(F)c3)nn2)C(O)[C@@H](Sc2cncc(Br)c2)O1. The number of aromatic nitrogens is 4. The Balaban J connectivity index is 1.64. The van der Waals surface area contributed by atoms with Crippen LogP contribution in [0.5, 0.6) is 0 Å². The number of hydrogen-bond donors (Lipinski definition) is 3. The molecule has 3 heterocycles. The van der Waals surface area contributed by atoms with Crippen molar-refractivity contribution in [3.8, 4) is 11.3 Å². The maximum Gasteiger partial charge on any atom is 0.159 e. The van der Waals surface area contributed by atoms with E-state index in [1.165, 1.54) is 28.7 Å². The second kappa shape index (κ2) is 9.89. The zero-order valence-corrected chi connectivity index (χ0v) is 18.8. The molecule has 0 saturated carbocycles. The van der Waals surface area contributed by atoms with E-state index >= 15 is 0 Å². The average molecular weight is 529 g/mol. The largest absolute Gasteiger partial charge is 0.394 e. The lowest BCUT2D eigenvalue weighted by Crippen LogP contribution is -2.39. The maximum absolute atomic E-state index is 13.6. The number of aliphatic hydroxyl groups excluding tert-OH is 3. The summed E-state index contributed by atoms with van der Waals surface area (Å²) >= 11 is 4.53. The third-order valence-electron chi connectivity index (χ3n) is 5.02. The molecule has 1 saturated heterocycles. The van der Waals surface area contributed by atoms with E-state index in [9.17, 15) is 24.1 Å². The Hall–Kier alpha value is -1.96. The Kier molecular flexibility index (Phi) is 7.17. The number of aliphatic hydroxyl groups is 3. The summed E-state index contributed by atoms with van der Waals surface area (Å²) in [6, 6.07) is 4.17. The number of ether oxygens (including phenoxy) is 1. The van der Waals surface area contributed by atoms with Gasteiger partial charge in [-0.1, -0.05) is 17.0 Å². The first-order valence-electron chi connectivity index (χ1n) is 9.62. The molecule has 1 aliphatic heterocycles. The van der Waals surface area contributed by atoms with E-state index in [-0.39, 0.29) is 18.7 Å². The lowest BCUT2D eigenvalue weighted by molar-refractivity contribution is -0.0457. The molecule has 0 bridgehead atoms. The number of nitrogens with zero attached hydrogens (tertiary/aromatic N) is 4. The molecule has 1 fully saturated rings. The lowest BCUT2D eigenvalue weighted by Gasteiger charge is -2.28. The molecule has 3 N–H and O–H groups in total. The summed E-state index contributed by atoms with van der Waals surface area (Å²) in [5.74, 6) is -2.00. The van der Waals surface area contributed by atoms with Crippen LogP contribution >= 0.6 is 27.7 Å². The minimum absolute atomic E-state index is 0.0480. The van der Waals surface area contributed by atoms with Gasteiger partial charge < -0.3 is 20.1 Å². The molecule has 4 rings (SSSR count). The molecule has 1 aromatic carbocycles. The summed E-state index contributed by atoms with van der Waals surface area (Å²) in [4.78, 5) is 4.80. The molecule has 0 amide bonds. The van der Waals surface area contributed by atoms with Crippen LogP contribution in [0, 0.1) is 11.6 Å². The highest BCUT2D eigenvalue weighted by Gasteiger charge is 2.42. The van der Waals surface area contributed by atoms with Gasteiger partial charge in [0.05, 0.1) is 25.0 Å². The highest BCUT2D eigenvalue weighted by Crippen LogP contribution is 2.37. The minimum atomic E-state index is -1.25. The fourth-order valence-electron chi connectivity index (χ4n) is 3.47. The normalized spacial score (nSPS) is 26.1. The van der Waals surface area contributed by atoms with E-state index in [1.807, 2.05) is 0 Å². The molecule has 0 spiro atoms. The van der Waals surface area contributed by atoms with Crippen LogP contribution in [0.2, 0.25) is 0 Å². The van der Waals surface area contributed by atoms with Crippen LogP contribution in [0.25, 0.3) is 11.3 Å². The lowest BCUT2D eigenvalue weighted by atomic mass is 10.0. The van der Waals surface area contributed by atoms with E-state index in [1.54, 1.807) is 18.5 Å². The highest BCUT2D eigenvalue weighted by molar-refractivity contribution is 9.10. The van der Waals surface area contributed by atoms with Crippen LogP contribution in [0.15, 0.2) is 52.2 Å². The van der Waals surface area contributed by atoms with Crippen molar-refractivity contribution in [3.63, 3.8) is 0 Å². The Morgan fingerprint density at radius 1 is 1.19 bits per heavy atom. The Labute approximate surface area is 194 Å². The third kappa shape index (κ3) is 5.00. The van der Waals surface area contributed by atoms with E-state index in [0.29, 0.717) is 10.5 Å². The Bertz CT molecular complexity index is 1090. The number of hydrogen-bond acceptors (Lipinski definition) is 8. The van der Waals surface area contributed by atoms with Gasteiger partial charge >= 0.3 is 0 Å². The van der Waals surface area contributed by atoms with Gasteiger partial charge in [-0.2, -0.15) is 0 Å². The number of thioether (sulfide) groups is 1. The van der Waals surface area contributed by atoms with Crippen molar-refractivity contribution < 1.29 is 28.8 Å². The van der Waals surface area contributed by atoms with Crippen molar-refractivity contribution in [1.82, 2.24) is 20.0 Å². The van der Waals surface area contributed by atoms with Crippen molar-refractivity contribution in [2.45, 2.75) is 41.1 Å². The first-order chi connectivity index (χ1) is 15.4. The molecule has 12 heteroatoms. The van der Waals surface area contributed by atoms with Crippen molar-refractivity contribution in [3.05, 3.63) is 59.0 Å². The van der Waals surface area contributed by atoms with Gasteiger partial charge in [-0.05, 0) is 40.2 Å². The van der Waals surface area contributed by atoms with E-state index in [4.69, 9.17) is 4.74 Å². The quantitative estimate of drug-likeness (QED) is 0.463. The Morgan fingerprint density at radius 2 is 2.00 bits per heavy atom. The smallest absolute Gasteiger partial charge is 0.159 e. The molecule has 170 valence electrons. The second-order valence-electron chi connectivity index (χ2n) is 7.26. The summed E-state index contributed by atoms with van der Waals surface area (Å²) in [6.07, 6.45) is 1.63. The monoisotopic (exact) mass is 528 g/mol. The minimum Gasteiger partial charge on any atom is -0.394 e. The van der Waals surface area contributed by atoms with Crippen LogP contribution in [0.1, 0.15) is 12.5 Å². The summed E-state index contributed by atoms with van der Waals surface area (Å²) in [5.41, 5.74) is -0.322. The molecule has 3 unspecified atom stereocenters. The Morgan fingerprint density at radius 3 is 2.72 bits per heavy atom.